The highest BCUT2D eigenvalue weighted by molar-refractivity contribution is 7.22. The Morgan fingerprint density at radius 3 is 2.18 bits per heavy atom. The van der Waals surface area contributed by atoms with Crippen molar-refractivity contribution in [3.63, 3.8) is 0 Å². The number of rotatable bonds is 3. The molecule has 1 amide bonds. The molecule has 0 spiro atoms. The maximum absolute atomic E-state index is 12.8. The highest BCUT2D eigenvalue weighted by Gasteiger charge is 2.14. The number of para-hydroxylation sites is 3. The molecule has 6 heteroatoms. The van der Waals surface area contributed by atoms with Gasteiger partial charge in [-0.15, -0.1) is 0 Å². The van der Waals surface area contributed by atoms with E-state index in [1.165, 1.54) is 11.3 Å². The lowest BCUT2D eigenvalue weighted by atomic mass is 10.1. The minimum Gasteiger partial charge on any atom is -0.331 e. The van der Waals surface area contributed by atoms with Crippen LogP contribution in [0.25, 0.3) is 32.0 Å². The Hall–Kier alpha value is -3.51. The highest BCUT2D eigenvalue weighted by Crippen LogP contribution is 2.25. The van der Waals surface area contributed by atoms with Gasteiger partial charge in [0.1, 0.15) is 6.54 Å². The van der Waals surface area contributed by atoms with Crippen LogP contribution < -0.4 is 10.7 Å². The molecule has 0 aliphatic rings. The highest BCUT2D eigenvalue weighted by atomic mass is 32.1. The summed E-state index contributed by atoms with van der Waals surface area (Å²) in [6, 6.07) is 22.5. The molecule has 5 rings (SSSR count). The molecule has 0 radical (unpaired) electrons. The van der Waals surface area contributed by atoms with Gasteiger partial charge in [-0.3, -0.25) is 9.59 Å². The van der Waals surface area contributed by atoms with Crippen LogP contribution in [0.15, 0.2) is 77.6 Å². The van der Waals surface area contributed by atoms with Crippen molar-refractivity contribution in [3.8, 4) is 0 Å². The lowest BCUT2D eigenvalue weighted by molar-refractivity contribution is -0.116. The third-order valence-electron chi connectivity index (χ3n) is 4.72. The molecule has 5 nitrogen and oxygen atoms in total. The predicted octanol–water partition coefficient (Wildman–Crippen LogP) is 4.40. The SMILES string of the molecule is O=C(Cn1c2ccccc2c(=O)c2ccccc21)Nc1nc2ccccc2s1. The van der Waals surface area contributed by atoms with Crippen LogP contribution in [0.1, 0.15) is 0 Å². The Balaban J connectivity index is 1.57. The number of anilines is 1. The second-order valence-electron chi connectivity index (χ2n) is 6.48. The van der Waals surface area contributed by atoms with Gasteiger partial charge in [-0.1, -0.05) is 47.7 Å². The first-order valence-electron chi connectivity index (χ1n) is 8.86. The Bertz CT molecular complexity index is 1330. The van der Waals surface area contributed by atoms with Crippen LogP contribution in [-0.4, -0.2) is 15.5 Å². The quantitative estimate of drug-likeness (QED) is 0.468. The van der Waals surface area contributed by atoms with E-state index in [4.69, 9.17) is 0 Å². The second kappa shape index (κ2) is 6.58. The van der Waals surface area contributed by atoms with E-state index in [-0.39, 0.29) is 17.9 Å². The average molecular weight is 385 g/mol. The zero-order valence-corrected chi connectivity index (χ0v) is 15.6. The van der Waals surface area contributed by atoms with Crippen molar-refractivity contribution >= 4 is 54.4 Å². The van der Waals surface area contributed by atoms with Crippen LogP contribution in [-0.2, 0) is 11.3 Å². The number of benzene rings is 3. The van der Waals surface area contributed by atoms with Crippen LogP contribution in [0.4, 0.5) is 5.13 Å². The topological polar surface area (TPSA) is 64.0 Å². The predicted molar refractivity (Wildman–Crippen MR) is 114 cm³/mol. The Kier molecular flexibility index (Phi) is 3.91. The van der Waals surface area contributed by atoms with Gasteiger partial charge in [0, 0.05) is 10.8 Å². The lowest BCUT2D eigenvalue weighted by Gasteiger charge is -2.14. The van der Waals surface area contributed by atoms with E-state index in [0.29, 0.717) is 15.9 Å². The van der Waals surface area contributed by atoms with E-state index in [1.807, 2.05) is 65.2 Å². The number of amides is 1. The van der Waals surface area contributed by atoms with Crippen molar-refractivity contribution in [1.29, 1.82) is 0 Å². The molecule has 0 aliphatic heterocycles. The maximum Gasteiger partial charge on any atom is 0.246 e. The molecular weight excluding hydrogens is 370 g/mol. The van der Waals surface area contributed by atoms with E-state index in [9.17, 15) is 9.59 Å². The minimum atomic E-state index is -0.182. The van der Waals surface area contributed by atoms with Gasteiger partial charge in [0.05, 0.1) is 21.3 Å². The molecule has 0 unspecified atom stereocenters. The monoisotopic (exact) mass is 385 g/mol. The molecule has 2 aromatic heterocycles. The number of nitrogens with one attached hydrogen (secondary N) is 1. The molecule has 1 N–H and O–H groups in total. The smallest absolute Gasteiger partial charge is 0.246 e. The number of pyridine rings is 1. The average Bonchev–Trinajstić information content (AvgIpc) is 3.13. The van der Waals surface area contributed by atoms with Crippen molar-refractivity contribution in [1.82, 2.24) is 9.55 Å². The fraction of sp³-hybridized carbons (Fsp3) is 0.0455. The van der Waals surface area contributed by atoms with Gasteiger partial charge in [0.15, 0.2) is 10.6 Å². The van der Waals surface area contributed by atoms with Crippen LogP contribution in [0.5, 0.6) is 0 Å². The fourth-order valence-electron chi connectivity index (χ4n) is 3.48. The lowest BCUT2D eigenvalue weighted by Crippen LogP contribution is -2.21. The van der Waals surface area contributed by atoms with Crippen molar-refractivity contribution in [2.45, 2.75) is 6.54 Å². The summed E-state index contributed by atoms with van der Waals surface area (Å²) in [7, 11) is 0. The molecule has 136 valence electrons. The zero-order valence-electron chi connectivity index (χ0n) is 14.8. The fourth-order valence-corrected chi connectivity index (χ4v) is 4.36. The third-order valence-corrected chi connectivity index (χ3v) is 5.67. The van der Waals surface area contributed by atoms with Gasteiger partial charge in [0.25, 0.3) is 0 Å². The number of fused-ring (bicyclic) bond motifs is 3. The van der Waals surface area contributed by atoms with Crippen LogP contribution >= 0.6 is 11.3 Å². The zero-order chi connectivity index (χ0) is 19.1. The summed E-state index contributed by atoms with van der Waals surface area (Å²) in [5.74, 6) is -0.182. The number of aromatic nitrogens is 2. The number of carbonyl (C=O) groups is 1. The number of nitrogens with zero attached hydrogens (tertiary/aromatic N) is 2. The Morgan fingerprint density at radius 2 is 1.50 bits per heavy atom. The summed E-state index contributed by atoms with van der Waals surface area (Å²) in [5.41, 5.74) is 2.33. The molecule has 2 heterocycles. The van der Waals surface area contributed by atoms with Gasteiger partial charge in [-0.2, -0.15) is 0 Å². The van der Waals surface area contributed by atoms with Gasteiger partial charge >= 0.3 is 0 Å². The van der Waals surface area contributed by atoms with E-state index in [0.717, 1.165) is 21.3 Å². The van der Waals surface area contributed by atoms with E-state index in [1.54, 1.807) is 12.1 Å². The molecule has 0 atom stereocenters. The van der Waals surface area contributed by atoms with Crippen LogP contribution in [0.2, 0.25) is 0 Å². The molecule has 0 bridgehead atoms. The Morgan fingerprint density at radius 1 is 0.893 bits per heavy atom. The van der Waals surface area contributed by atoms with Crippen molar-refractivity contribution in [3.05, 3.63) is 83.0 Å². The first-order chi connectivity index (χ1) is 13.7. The molecule has 0 saturated carbocycles. The second-order valence-corrected chi connectivity index (χ2v) is 7.52. The molecule has 5 aromatic rings. The molecule has 28 heavy (non-hydrogen) atoms. The molecule has 0 fully saturated rings. The summed E-state index contributed by atoms with van der Waals surface area (Å²) in [4.78, 5) is 30.0. The normalized spacial score (nSPS) is 11.3. The van der Waals surface area contributed by atoms with Gasteiger partial charge in [0.2, 0.25) is 5.91 Å². The standard InChI is InChI=1S/C22H15N3O2S/c26-20(24-22-23-16-9-3-6-12-19(16)28-22)13-25-17-10-4-1-7-14(17)21(27)15-8-2-5-11-18(15)25/h1-12H,13H2,(H,23,24,26). The number of hydrogen-bond acceptors (Lipinski definition) is 4. The summed E-state index contributed by atoms with van der Waals surface area (Å²) in [5, 5.41) is 4.67. The third kappa shape index (κ3) is 2.75. The van der Waals surface area contributed by atoms with Crippen molar-refractivity contribution < 1.29 is 4.79 Å². The van der Waals surface area contributed by atoms with E-state index >= 15 is 0 Å². The maximum atomic E-state index is 12.8. The van der Waals surface area contributed by atoms with Gasteiger partial charge in [-0.05, 0) is 36.4 Å². The molecule has 3 aromatic carbocycles. The summed E-state index contributed by atoms with van der Waals surface area (Å²) in [6.07, 6.45) is 0. The van der Waals surface area contributed by atoms with Crippen LogP contribution in [0.3, 0.4) is 0 Å². The number of thiazole rings is 1. The van der Waals surface area contributed by atoms with Gasteiger partial charge in [-0.25, -0.2) is 4.98 Å². The summed E-state index contributed by atoms with van der Waals surface area (Å²) >= 11 is 1.44. The summed E-state index contributed by atoms with van der Waals surface area (Å²) < 4.78 is 2.91. The minimum absolute atomic E-state index is 0.0194. The van der Waals surface area contributed by atoms with E-state index in [2.05, 4.69) is 10.3 Å². The molecule has 0 aliphatic carbocycles. The van der Waals surface area contributed by atoms with Gasteiger partial charge < -0.3 is 9.88 Å². The Labute approximate surface area is 163 Å². The first-order valence-corrected chi connectivity index (χ1v) is 9.68. The van der Waals surface area contributed by atoms with Crippen LogP contribution in [0, 0.1) is 0 Å². The van der Waals surface area contributed by atoms with E-state index < -0.39 is 0 Å². The molecule has 0 saturated heterocycles. The number of hydrogen-bond donors (Lipinski definition) is 1. The van der Waals surface area contributed by atoms with Crippen molar-refractivity contribution in [2.75, 3.05) is 5.32 Å². The summed E-state index contributed by atoms with van der Waals surface area (Å²) in [6.45, 7) is 0.0945. The van der Waals surface area contributed by atoms with Crippen molar-refractivity contribution in [2.24, 2.45) is 0 Å². The largest absolute Gasteiger partial charge is 0.331 e. The first kappa shape index (κ1) is 16.6. The molecular formula is C22H15N3O2S. The number of carbonyl (C=O) groups excluding carboxylic acids is 1.